The summed E-state index contributed by atoms with van der Waals surface area (Å²) in [4.78, 5) is 37.0. The summed E-state index contributed by atoms with van der Waals surface area (Å²) in [6, 6.07) is -0.280. The Hall–Kier alpha value is -1.92. The van der Waals surface area contributed by atoms with Gasteiger partial charge in [-0.05, 0) is 13.0 Å². The number of amides is 2. The van der Waals surface area contributed by atoms with Crippen molar-refractivity contribution in [1.82, 2.24) is 15.1 Å². The molecule has 0 aromatic carbocycles. The van der Waals surface area contributed by atoms with E-state index in [9.17, 15) is 22.8 Å². The second-order valence-electron chi connectivity index (χ2n) is 7.86. The number of carboxylic acid groups (broad SMARTS) is 1. The molecule has 0 saturated carbocycles. The monoisotopic (exact) mass is 441 g/mol. The molecule has 174 valence electrons. The van der Waals surface area contributed by atoms with Crippen LogP contribution >= 0.6 is 0 Å². The maximum absolute atomic E-state index is 12.1. The summed E-state index contributed by atoms with van der Waals surface area (Å²) in [5, 5.41) is 9.97. The average Bonchev–Trinajstić information content (AvgIpc) is 2.58. The van der Waals surface area contributed by atoms with Crippen LogP contribution in [0, 0.1) is 5.92 Å². The van der Waals surface area contributed by atoms with Crippen LogP contribution in [0.3, 0.4) is 0 Å². The third-order valence-electron chi connectivity index (χ3n) is 4.66. The molecule has 2 heterocycles. The number of alkyl halides is 3. The normalized spacial score (nSPS) is 20.9. The highest BCUT2D eigenvalue weighted by atomic mass is 19.4. The van der Waals surface area contributed by atoms with Gasteiger partial charge >= 0.3 is 12.1 Å². The first kappa shape index (κ1) is 26.1. The van der Waals surface area contributed by atoms with Gasteiger partial charge in [0.15, 0.2) is 0 Å². The quantitative estimate of drug-likeness (QED) is 0.573. The number of likely N-dealkylation sites (N-methyl/N-ethyl adjacent to an activating group) is 1. The lowest BCUT2D eigenvalue weighted by atomic mass is 9.90. The number of hydrogen-bond acceptors (Lipinski definition) is 6. The number of hydrogen-bond donors (Lipinski definition) is 2. The van der Waals surface area contributed by atoms with Gasteiger partial charge in [-0.2, -0.15) is 13.2 Å². The lowest BCUT2D eigenvalue weighted by Gasteiger charge is -2.54. The third kappa shape index (κ3) is 7.73. The van der Waals surface area contributed by atoms with E-state index in [1.54, 1.807) is 7.11 Å². The summed E-state index contributed by atoms with van der Waals surface area (Å²) in [6.07, 6.45) is -4.50. The number of morpholine rings is 1. The Balaban J connectivity index is 0.000000553. The molecule has 0 aliphatic carbocycles. The molecular formula is C18H30F3N3O6. The van der Waals surface area contributed by atoms with E-state index in [4.69, 9.17) is 19.4 Å². The lowest BCUT2D eigenvalue weighted by molar-refractivity contribution is -0.201. The zero-order valence-corrected chi connectivity index (χ0v) is 17.6. The van der Waals surface area contributed by atoms with Gasteiger partial charge in [0.05, 0.1) is 26.3 Å². The minimum Gasteiger partial charge on any atom is -0.475 e. The number of nitrogens with one attached hydrogen (secondary N) is 1. The predicted octanol–water partition coefficient (Wildman–Crippen LogP) is 0.340. The van der Waals surface area contributed by atoms with E-state index in [1.165, 1.54) is 0 Å². The molecule has 1 atom stereocenters. The molecule has 2 aliphatic heterocycles. The van der Waals surface area contributed by atoms with Crippen molar-refractivity contribution in [2.45, 2.75) is 38.1 Å². The molecule has 2 saturated heterocycles. The van der Waals surface area contributed by atoms with Crippen molar-refractivity contribution in [2.24, 2.45) is 5.92 Å². The molecule has 0 radical (unpaired) electrons. The van der Waals surface area contributed by atoms with Crippen molar-refractivity contribution >= 4 is 17.8 Å². The van der Waals surface area contributed by atoms with E-state index in [-0.39, 0.29) is 23.5 Å². The summed E-state index contributed by atoms with van der Waals surface area (Å²) in [5.74, 6) is -2.23. The Labute approximate surface area is 173 Å². The van der Waals surface area contributed by atoms with E-state index in [2.05, 4.69) is 5.32 Å². The fraction of sp³-hybridized carbons (Fsp3) is 0.833. The summed E-state index contributed by atoms with van der Waals surface area (Å²) >= 11 is 0. The highest BCUT2D eigenvalue weighted by molar-refractivity contribution is 5.82. The minimum atomic E-state index is -5.08. The number of nitrogens with zero attached hydrogens (tertiary/aromatic N) is 2. The molecule has 0 aromatic rings. The van der Waals surface area contributed by atoms with Crippen molar-refractivity contribution < 1.29 is 42.1 Å². The zero-order chi connectivity index (χ0) is 23.1. The SMILES string of the molecule is COCCNC(=O)C1COC2(CN(C(=O)CC(C)C)C2)CN1C.O=C(O)C(F)(F)F. The second kappa shape index (κ2) is 10.9. The molecule has 0 aromatic heterocycles. The van der Waals surface area contributed by atoms with Gasteiger partial charge in [0.2, 0.25) is 11.8 Å². The number of carboxylic acids is 1. The summed E-state index contributed by atoms with van der Waals surface area (Å²) in [7, 11) is 3.54. The van der Waals surface area contributed by atoms with Crippen molar-refractivity contribution in [1.29, 1.82) is 0 Å². The number of rotatable bonds is 6. The van der Waals surface area contributed by atoms with Crippen LogP contribution in [0.15, 0.2) is 0 Å². The fourth-order valence-electron chi connectivity index (χ4n) is 3.16. The third-order valence-corrected chi connectivity index (χ3v) is 4.66. The van der Waals surface area contributed by atoms with E-state index >= 15 is 0 Å². The van der Waals surface area contributed by atoms with Gasteiger partial charge in [0.25, 0.3) is 0 Å². The second-order valence-corrected chi connectivity index (χ2v) is 7.86. The number of carbonyl (C=O) groups is 3. The molecule has 2 aliphatic rings. The van der Waals surface area contributed by atoms with Crippen LogP contribution in [-0.2, 0) is 23.9 Å². The molecule has 30 heavy (non-hydrogen) atoms. The van der Waals surface area contributed by atoms with E-state index in [1.807, 2.05) is 30.7 Å². The van der Waals surface area contributed by atoms with Gasteiger partial charge in [-0.3, -0.25) is 14.5 Å². The van der Waals surface area contributed by atoms with E-state index < -0.39 is 12.1 Å². The molecule has 2 N–H and O–H groups in total. The molecule has 1 spiro atoms. The molecule has 12 heteroatoms. The Morgan fingerprint density at radius 2 is 1.83 bits per heavy atom. The van der Waals surface area contributed by atoms with Gasteiger partial charge in [0, 0.05) is 26.6 Å². The molecule has 9 nitrogen and oxygen atoms in total. The topological polar surface area (TPSA) is 108 Å². The van der Waals surface area contributed by atoms with Gasteiger partial charge in [-0.25, -0.2) is 4.79 Å². The molecule has 0 bridgehead atoms. The number of halogens is 3. The van der Waals surface area contributed by atoms with Gasteiger partial charge < -0.3 is 24.8 Å². The number of methoxy groups -OCH3 is 1. The number of likely N-dealkylation sites (tertiary alicyclic amines) is 1. The zero-order valence-electron chi connectivity index (χ0n) is 17.6. The van der Waals surface area contributed by atoms with Crippen molar-refractivity contribution in [2.75, 3.05) is 53.6 Å². The molecular weight excluding hydrogens is 411 g/mol. The number of ether oxygens (including phenoxy) is 2. The van der Waals surface area contributed by atoms with Crippen LogP contribution in [0.5, 0.6) is 0 Å². The van der Waals surface area contributed by atoms with Crippen LogP contribution in [0.2, 0.25) is 0 Å². The first-order valence-corrected chi connectivity index (χ1v) is 9.50. The Morgan fingerprint density at radius 3 is 2.27 bits per heavy atom. The van der Waals surface area contributed by atoms with Gasteiger partial charge in [-0.15, -0.1) is 0 Å². The van der Waals surface area contributed by atoms with Crippen molar-refractivity contribution in [3.63, 3.8) is 0 Å². The highest BCUT2D eigenvalue weighted by Gasteiger charge is 2.51. The van der Waals surface area contributed by atoms with Crippen LogP contribution in [0.1, 0.15) is 20.3 Å². The Kier molecular flexibility index (Phi) is 9.50. The van der Waals surface area contributed by atoms with Gasteiger partial charge in [0.1, 0.15) is 11.6 Å². The Bertz CT molecular complexity index is 608. The minimum absolute atomic E-state index is 0.0357. The van der Waals surface area contributed by atoms with Crippen LogP contribution < -0.4 is 5.32 Å². The maximum atomic E-state index is 12.1. The first-order valence-electron chi connectivity index (χ1n) is 9.50. The van der Waals surface area contributed by atoms with Crippen LogP contribution in [0.4, 0.5) is 13.2 Å². The summed E-state index contributed by atoms with van der Waals surface area (Å²) < 4.78 is 42.6. The first-order chi connectivity index (χ1) is 13.8. The van der Waals surface area contributed by atoms with Gasteiger partial charge in [-0.1, -0.05) is 13.8 Å². The lowest BCUT2D eigenvalue weighted by Crippen LogP contribution is -2.73. The molecule has 2 rings (SSSR count). The smallest absolute Gasteiger partial charge is 0.475 e. The fourth-order valence-corrected chi connectivity index (χ4v) is 3.16. The maximum Gasteiger partial charge on any atom is 0.490 e. The Morgan fingerprint density at radius 1 is 1.27 bits per heavy atom. The summed E-state index contributed by atoms with van der Waals surface area (Å²) in [6.45, 7) is 7.38. The molecule has 2 amide bonds. The van der Waals surface area contributed by atoms with Crippen LogP contribution in [0.25, 0.3) is 0 Å². The molecule has 2 fully saturated rings. The highest BCUT2D eigenvalue weighted by Crippen LogP contribution is 2.31. The predicted molar refractivity (Wildman–Crippen MR) is 99.7 cm³/mol. The van der Waals surface area contributed by atoms with E-state index in [0.29, 0.717) is 51.7 Å². The molecule has 1 unspecified atom stereocenters. The number of aliphatic carboxylic acids is 1. The van der Waals surface area contributed by atoms with Crippen molar-refractivity contribution in [3.8, 4) is 0 Å². The largest absolute Gasteiger partial charge is 0.490 e. The van der Waals surface area contributed by atoms with E-state index in [0.717, 1.165) is 0 Å². The summed E-state index contributed by atoms with van der Waals surface area (Å²) in [5.41, 5.74) is -0.301. The average molecular weight is 441 g/mol. The van der Waals surface area contributed by atoms with Crippen LogP contribution in [-0.4, -0.2) is 104 Å². The standard InChI is InChI=1S/C16H29N3O4.C2HF3O2/c1-12(2)7-14(20)19-10-16(11-19)9-18(3)13(8-23-16)15(21)17-5-6-22-4;3-2(4,5)1(6)7/h12-13H,5-11H2,1-4H3,(H,17,21);(H,6,7). The van der Waals surface area contributed by atoms with Crippen molar-refractivity contribution in [3.05, 3.63) is 0 Å². The number of carbonyl (C=O) groups excluding carboxylic acids is 2.